The van der Waals surface area contributed by atoms with Crippen LogP contribution in [0.4, 0.5) is 0 Å². The smallest absolute Gasteiger partial charge is 0.156 e. The highest BCUT2D eigenvalue weighted by Gasteiger charge is 2.44. The normalized spacial score (nSPS) is 19.4. The predicted molar refractivity (Wildman–Crippen MR) is 129 cm³/mol. The highest BCUT2D eigenvalue weighted by atomic mass is 32.2. The fraction of sp³-hybridized carbons (Fsp3) is 0.423. The lowest BCUT2D eigenvalue weighted by Crippen LogP contribution is -2.34. The molecule has 4 rings (SSSR count). The quantitative estimate of drug-likeness (QED) is 0.402. The fourth-order valence-corrected chi connectivity index (χ4v) is 5.98. The number of benzene rings is 2. The van der Waals surface area contributed by atoms with Crippen LogP contribution in [0.1, 0.15) is 43.4 Å². The number of fused-ring (bicyclic) bond motifs is 1. The zero-order valence-electron chi connectivity index (χ0n) is 19.1. The average molecular weight is 453 g/mol. The maximum atomic E-state index is 13.0. The van der Waals surface area contributed by atoms with E-state index in [0.29, 0.717) is 0 Å². The van der Waals surface area contributed by atoms with Gasteiger partial charge in [0, 0.05) is 11.6 Å². The highest BCUT2D eigenvalue weighted by Crippen LogP contribution is 2.32. The predicted octanol–water partition coefficient (Wildman–Crippen LogP) is 5.08. The van der Waals surface area contributed by atoms with Gasteiger partial charge in [-0.15, -0.1) is 0 Å². The number of hydrogen-bond acceptors (Lipinski definition) is 5. The number of sulfone groups is 1. The van der Waals surface area contributed by atoms with Crippen molar-refractivity contribution in [1.29, 1.82) is 0 Å². The number of pyridine rings is 1. The third kappa shape index (κ3) is 5.94. The Hall–Kier alpha value is -2.28. The maximum Gasteiger partial charge on any atom is 0.156 e. The molecule has 0 aliphatic carbocycles. The van der Waals surface area contributed by atoms with E-state index < -0.39 is 9.84 Å². The summed E-state index contributed by atoms with van der Waals surface area (Å²) < 4.78 is 26.0. The Morgan fingerprint density at radius 1 is 1.06 bits per heavy atom. The Labute approximate surface area is 191 Å². The first kappa shape index (κ1) is 22.9. The van der Waals surface area contributed by atoms with Gasteiger partial charge in [-0.25, -0.2) is 8.42 Å². The van der Waals surface area contributed by atoms with Crippen molar-refractivity contribution in [2.75, 3.05) is 5.75 Å². The zero-order valence-corrected chi connectivity index (χ0v) is 19.9. The third-order valence-electron chi connectivity index (χ3n) is 6.07. The first-order chi connectivity index (χ1) is 15.3. The fourth-order valence-electron chi connectivity index (χ4n) is 4.15. The van der Waals surface area contributed by atoms with Crippen LogP contribution < -0.4 is 0 Å². The van der Waals surface area contributed by atoms with Crippen molar-refractivity contribution in [2.24, 2.45) is 5.92 Å². The maximum absolute atomic E-state index is 13.0. The molecule has 5 nitrogen and oxygen atoms in total. The summed E-state index contributed by atoms with van der Waals surface area (Å²) in [6.07, 6.45) is 4.63. The Morgan fingerprint density at radius 3 is 2.56 bits per heavy atom. The van der Waals surface area contributed by atoms with Gasteiger partial charge in [-0.3, -0.25) is 9.82 Å². The van der Waals surface area contributed by atoms with Crippen LogP contribution in [0.2, 0.25) is 0 Å². The molecule has 6 heteroatoms. The monoisotopic (exact) mass is 452 g/mol. The Morgan fingerprint density at radius 2 is 1.81 bits per heavy atom. The minimum absolute atomic E-state index is 0.0000150. The van der Waals surface area contributed by atoms with Gasteiger partial charge in [-0.05, 0) is 55.4 Å². The van der Waals surface area contributed by atoms with Crippen molar-refractivity contribution in [2.45, 2.75) is 58.1 Å². The van der Waals surface area contributed by atoms with Crippen LogP contribution in [0.25, 0.3) is 10.9 Å². The van der Waals surface area contributed by atoms with Crippen molar-refractivity contribution < 1.29 is 13.3 Å². The van der Waals surface area contributed by atoms with E-state index in [4.69, 9.17) is 4.84 Å². The SMILES string of the molecule is Cc1ccc(CCCC2ON2[C@H](CS(=O)(=O)Cc2cnc3ccccc3c2)C(C)C)cc1. The van der Waals surface area contributed by atoms with E-state index >= 15 is 0 Å². The summed E-state index contributed by atoms with van der Waals surface area (Å²) in [5.41, 5.74) is 4.20. The van der Waals surface area contributed by atoms with Crippen LogP contribution >= 0.6 is 0 Å². The van der Waals surface area contributed by atoms with E-state index in [-0.39, 0.29) is 29.7 Å². The molecule has 1 fully saturated rings. The molecule has 1 aliphatic rings. The standard InChI is InChI=1S/C26H32N2O3S/c1-19(2)25(28-26(31-28)10-6-7-21-13-11-20(3)12-14-21)18-32(29,30)17-22-15-23-8-4-5-9-24(23)27-16-22/h4-5,8-9,11-16,19,25-26H,6-7,10,17-18H2,1-3H3/t25-,26?,28?/m1/s1. The summed E-state index contributed by atoms with van der Waals surface area (Å²) in [7, 11) is -3.31. The van der Waals surface area contributed by atoms with Gasteiger partial charge in [0.25, 0.3) is 0 Å². The summed E-state index contributed by atoms with van der Waals surface area (Å²) in [6, 6.07) is 18.2. The number of para-hydroxylation sites is 1. The molecule has 1 aromatic heterocycles. The second-order valence-corrected chi connectivity index (χ2v) is 11.3. The van der Waals surface area contributed by atoms with Crippen molar-refractivity contribution >= 4 is 20.7 Å². The van der Waals surface area contributed by atoms with Gasteiger partial charge in [0.1, 0.15) is 0 Å². The molecule has 2 unspecified atom stereocenters. The van der Waals surface area contributed by atoms with Crippen LogP contribution in [0.3, 0.4) is 0 Å². The lowest BCUT2D eigenvalue weighted by atomic mass is 10.0. The number of hydroxylamine groups is 2. The zero-order chi connectivity index (χ0) is 22.7. The van der Waals surface area contributed by atoms with Gasteiger partial charge < -0.3 is 0 Å². The summed E-state index contributed by atoms with van der Waals surface area (Å²) in [4.78, 5) is 10.2. The summed E-state index contributed by atoms with van der Waals surface area (Å²) in [5, 5.41) is 2.86. The molecule has 170 valence electrons. The van der Waals surface area contributed by atoms with Crippen molar-refractivity contribution in [3.05, 3.63) is 77.5 Å². The molecule has 0 amide bonds. The van der Waals surface area contributed by atoms with Crippen LogP contribution in [0.5, 0.6) is 0 Å². The van der Waals surface area contributed by atoms with Gasteiger partial charge in [-0.1, -0.05) is 61.9 Å². The first-order valence-corrected chi connectivity index (χ1v) is 13.2. The minimum Gasteiger partial charge on any atom is -0.275 e. The number of nitrogens with zero attached hydrogens (tertiary/aromatic N) is 2. The van der Waals surface area contributed by atoms with E-state index in [1.54, 1.807) is 6.20 Å². The second kappa shape index (κ2) is 9.69. The van der Waals surface area contributed by atoms with Gasteiger partial charge in [0.15, 0.2) is 16.1 Å². The summed E-state index contributed by atoms with van der Waals surface area (Å²) in [5.74, 6) is 0.271. The van der Waals surface area contributed by atoms with Crippen molar-refractivity contribution in [1.82, 2.24) is 10.0 Å². The largest absolute Gasteiger partial charge is 0.275 e. The molecule has 32 heavy (non-hydrogen) atoms. The van der Waals surface area contributed by atoms with Gasteiger partial charge in [-0.2, -0.15) is 5.06 Å². The van der Waals surface area contributed by atoms with Crippen LogP contribution in [-0.2, 0) is 26.8 Å². The topological polar surface area (TPSA) is 62.6 Å². The minimum atomic E-state index is -3.31. The Balaban J connectivity index is 1.32. The number of aryl methyl sites for hydroxylation is 2. The molecule has 0 spiro atoms. The third-order valence-corrected chi connectivity index (χ3v) is 7.70. The van der Waals surface area contributed by atoms with Crippen molar-refractivity contribution in [3.63, 3.8) is 0 Å². The lowest BCUT2D eigenvalue weighted by molar-refractivity contribution is 0.129. The summed E-state index contributed by atoms with van der Waals surface area (Å²) >= 11 is 0. The molecule has 1 saturated heterocycles. The molecule has 0 radical (unpaired) electrons. The highest BCUT2D eigenvalue weighted by molar-refractivity contribution is 7.90. The number of hydrogen-bond donors (Lipinski definition) is 0. The van der Waals surface area contributed by atoms with E-state index in [1.807, 2.05) is 35.4 Å². The van der Waals surface area contributed by atoms with Crippen LogP contribution in [-0.4, -0.2) is 36.5 Å². The molecule has 3 aromatic rings. The number of rotatable bonds is 10. The Bertz CT molecular complexity index is 1160. The molecular formula is C26H32N2O3S. The van der Waals surface area contributed by atoms with Gasteiger partial charge in [0.05, 0.1) is 23.1 Å². The second-order valence-electron chi connectivity index (χ2n) is 9.20. The van der Waals surface area contributed by atoms with E-state index in [9.17, 15) is 8.42 Å². The number of aromatic nitrogens is 1. The van der Waals surface area contributed by atoms with Crippen LogP contribution in [0, 0.1) is 12.8 Å². The van der Waals surface area contributed by atoms with E-state index in [2.05, 4.69) is 50.0 Å². The van der Waals surface area contributed by atoms with Crippen LogP contribution in [0.15, 0.2) is 60.8 Å². The Kier molecular flexibility index (Phi) is 6.93. The molecule has 0 N–H and O–H groups in total. The summed E-state index contributed by atoms with van der Waals surface area (Å²) in [6.45, 7) is 6.21. The van der Waals surface area contributed by atoms with Gasteiger partial charge >= 0.3 is 0 Å². The molecule has 1 aliphatic heterocycles. The first-order valence-electron chi connectivity index (χ1n) is 11.4. The van der Waals surface area contributed by atoms with E-state index in [1.165, 1.54) is 11.1 Å². The molecular weight excluding hydrogens is 420 g/mol. The molecule has 2 aromatic carbocycles. The molecule has 0 saturated carbocycles. The molecule has 2 heterocycles. The van der Waals surface area contributed by atoms with Gasteiger partial charge in [0.2, 0.25) is 0 Å². The van der Waals surface area contributed by atoms with Crippen molar-refractivity contribution in [3.8, 4) is 0 Å². The average Bonchev–Trinajstić information content (AvgIpc) is 3.52. The molecule has 0 bridgehead atoms. The van der Waals surface area contributed by atoms with E-state index in [0.717, 1.165) is 35.7 Å². The molecule has 3 atom stereocenters. The lowest BCUT2D eigenvalue weighted by Gasteiger charge is -2.20.